The molecular weight excluding hydrogens is 218 g/mol. The van der Waals surface area contributed by atoms with E-state index >= 15 is 0 Å². The van der Waals surface area contributed by atoms with Crippen molar-refractivity contribution in [1.82, 2.24) is 9.97 Å². The first-order chi connectivity index (χ1) is 8.06. The van der Waals surface area contributed by atoms with E-state index < -0.39 is 0 Å². The summed E-state index contributed by atoms with van der Waals surface area (Å²) in [4.78, 5) is 10.2. The lowest BCUT2D eigenvalue weighted by Gasteiger charge is -2.19. The molecule has 1 aromatic rings. The maximum Gasteiger partial charge on any atom is 0.158 e. The van der Waals surface area contributed by atoms with Crippen molar-refractivity contribution in [2.45, 2.75) is 13.5 Å². The molecule has 0 radical (unpaired) electrons. The van der Waals surface area contributed by atoms with E-state index in [9.17, 15) is 0 Å². The third kappa shape index (κ3) is 3.89. The molecule has 0 aliphatic rings. The fourth-order valence-electron chi connectivity index (χ4n) is 1.44. The highest BCUT2D eigenvalue weighted by atomic mass is 16.5. The molecule has 1 atom stereocenters. The number of methoxy groups -OCH3 is 1. The van der Waals surface area contributed by atoms with Crippen molar-refractivity contribution in [2.75, 3.05) is 31.3 Å². The average Bonchev–Trinajstić information content (AvgIpc) is 2.28. The molecule has 0 aromatic carbocycles. The number of nitriles is 1. The first-order valence-corrected chi connectivity index (χ1v) is 5.30. The zero-order valence-electron chi connectivity index (χ0n) is 10.3. The van der Waals surface area contributed by atoms with Gasteiger partial charge in [-0.05, 0) is 6.92 Å². The predicted molar refractivity (Wildman–Crippen MR) is 65.2 cm³/mol. The highest BCUT2D eigenvalue weighted by Gasteiger charge is 2.10. The van der Waals surface area contributed by atoms with E-state index in [-0.39, 0.29) is 5.92 Å². The van der Waals surface area contributed by atoms with Crippen molar-refractivity contribution >= 4 is 11.6 Å². The second-order valence-corrected chi connectivity index (χ2v) is 3.91. The Balaban J connectivity index is 2.86. The summed E-state index contributed by atoms with van der Waals surface area (Å²) < 4.78 is 4.97. The predicted octanol–water partition coefficient (Wildman–Crippen LogP) is 0.801. The van der Waals surface area contributed by atoms with Crippen LogP contribution in [0.15, 0.2) is 6.07 Å². The summed E-state index contributed by atoms with van der Waals surface area (Å²) in [6, 6.07) is 3.86. The third-order valence-corrected chi connectivity index (χ3v) is 2.21. The number of hydrogen-bond acceptors (Lipinski definition) is 6. The van der Waals surface area contributed by atoms with Crippen LogP contribution in [0.4, 0.5) is 11.6 Å². The maximum atomic E-state index is 8.77. The molecule has 1 rings (SSSR count). The van der Waals surface area contributed by atoms with Crippen LogP contribution in [0.1, 0.15) is 12.7 Å². The van der Waals surface area contributed by atoms with Crippen LogP contribution in [0.5, 0.6) is 0 Å². The summed E-state index contributed by atoms with van der Waals surface area (Å²) in [6.07, 6.45) is 0. The topological polar surface area (TPSA) is 88.1 Å². The van der Waals surface area contributed by atoms with E-state index in [1.807, 2.05) is 18.9 Å². The highest BCUT2D eigenvalue weighted by Crippen LogP contribution is 2.14. The van der Waals surface area contributed by atoms with Crippen molar-refractivity contribution in [3.05, 3.63) is 11.9 Å². The SMILES string of the molecule is COCc1nc(N)cc(N(C)CC(C)C#N)n1. The zero-order chi connectivity index (χ0) is 12.8. The summed E-state index contributed by atoms with van der Waals surface area (Å²) in [6.45, 7) is 2.77. The molecule has 0 spiro atoms. The van der Waals surface area contributed by atoms with Crippen LogP contribution in [0.3, 0.4) is 0 Å². The molecule has 0 aliphatic heterocycles. The van der Waals surface area contributed by atoms with Crippen molar-refractivity contribution in [2.24, 2.45) is 5.92 Å². The number of anilines is 2. The Morgan fingerprint density at radius 2 is 2.29 bits per heavy atom. The Kier molecular flexibility index (Phi) is 4.67. The standard InChI is InChI=1S/C11H17N5O/c1-8(5-12)6-16(2)11-4-9(13)14-10(15-11)7-17-3/h4,8H,6-7H2,1-3H3,(H2,13,14,15). The Morgan fingerprint density at radius 1 is 1.59 bits per heavy atom. The van der Waals surface area contributed by atoms with Gasteiger partial charge in [0.25, 0.3) is 0 Å². The first kappa shape index (κ1) is 13.2. The molecular formula is C11H17N5O. The van der Waals surface area contributed by atoms with Gasteiger partial charge in [0.05, 0.1) is 12.0 Å². The molecule has 92 valence electrons. The van der Waals surface area contributed by atoms with Crippen molar-refractivity contribution in [1.29, 1.82) is 5.26 Å². The molecule has 0 amide bonds. The zero-order valence-corrected chi connectivity index (χ0v) is 10.3. The molecule has 0 bridgehead atoms. The van der Waals surface area contributed by atoms with E-state index in [0.29, 0.717) is 30.6 Å². The number of hydrogen-bond donors (Lipinski definition) is 1. The van der Waals surface area contributed by atoms with Crippen LogP contribution >= 0.6 is 0 Å². The van der Waals surface area contributed by atoms with Gasteiger partial charge in [-0.15, -0.1) is 0 Å². The lowest BCUT2D eigenvalue weighted by Crippen LogP contribution is -2.25. The Morgan fingerprint density at radius 3 is 2.88 bits per heavy atom. The Bertz CT molecular complexity index is 415. The number of nitrogen functional groups attached to an aromatic ring is 1. The van der Waals surface area contributed by atoms with Crippen molar-refractivity contribution < 1.29 is 4.74 Å². The molecule has 6 heteroatoms. The number of nitrogens with zero attached hydrogens (tertiary/aromatic N) is 4. The van der Waals surface area contributed by atoms with E-state index in [0.717, 1.165) is 0 Å². The van der Waals surface area contributed by atoms with Gasteiger partial charge in [-0.3, -0.25) is 0 Å². The van der Waals surface area contributed by atoms with Gasteiger partial charge in [0.1, 0.15) is 18.2 Å². The molecule has 0 saturated heterocycles. The lowest BCUT2D eigenvalue weighted by atomic mass is 10.2. The molecule has 1 unspecified atom stereocenters. The average molecular weight is 235 g/mol. The van der Waals surface area contributed by atoms with Crippen LogP contribution in [-0.4, -0.2) is 30.7 Å². The maximum absolute atomic E-state index is 8.77. The number of ether oxygens (including phenoxy) is 1. The minimum Gasteiger partial charge on any atom is -0.384 e. The lowest BCUT2D eigenvalue weighted by molar-refractivity contribution is 0.178. The van der Waals surface area contributed by atoms with E-state index in [4.69, 9.17) is 15.7 Å². The van der Waals surface area contributed by atoms with Crippen LogP contribution in [0.25, 0.3) is 0 Å². The van der Waals surface area contributed by atoms with Crippen LogP contribution in [-0.2, 0) is 11.3 Å². The van der Waals surface area contributed by atoms with Gasteiger partial charge in [-0.25, -0.2) is 9.97 Å². The number of aromatic nitrogens is 2. The van der Waals surface area contributed by atoms with Gasteiger partial charge in [-0.1, -0.05) is 0 Å². The van der Waals surface area contributed by atoms with Gasteiger partial charge in [0.2, 0.25) is 0 Å². The first-order valence-electron chi connectivity index (χ1n) is 5.30. The molecule has 0 aliphatic carbocycles. The van der Waals surface area contributed by atoms with Crippen LogP contribution in [0, 0.1) is 17.2 Å². The minimum absolute atomic E-state index is 0.0675. The van der Waals surface area contributed by atoms with Gasteiger partial charge >= 0.3 is 0 Å². The molecule has 17 heavy (non-hydrogen) atoms. The van der Waals surface area contributed by atoms with Gasteiger partial charge < -0.3 is 15.4 Å². The Hall–Kier alpha value is -1.87. The van der Waals surface area contributed by atoms with E-state index in [2.05, 4.69) is 16.0 Å². The summed E-state index contributed by atoms with van der Waals surface area (Å²) in [5.41, 5.74) is 5.69. The number of nitrogens with two attached hydrogens (primary N) is 1. The number of rotatable bonds is 5. The molecule has 0 fully saturated rings. The van der Waals surface area contributed by atoms with Gasteiger partial charge in [0, 0.05) is 26.8 Å². The summed E-state index contributed by atoms with van der Waals surface area (Å²) in [5.74, 6) is 1.58. The minimum atomic E-state index is -0.0675. The summed E-state index contributed by atoms with van der Waals surface area (Å²) in [5, 5.41) is 8.77. The summed E-state index contributed by atoms with van der Waals surface area (Å²) in [7, 11) is 3.44. The summed E-state index contributed by atoms with van der Waals surface area (Å²) >= 11 is 0. The van der Waals surface area contributed by atoms with Gasteiger partial charge in [0.15, 0.2) is 5.82 Å². The van der Waals surface area contributed by atoms with Crippen LogP contribution < -0.4 is 10.6 Å². The smallest absolute Gasteiger partial charge is 0.158 e. The molecule has 2 N–H and O–H groups in total. The normalized spacial score (nSPS) is 11.9. The third-order valence-electron chi connectivity index (χ3n) is 2.21. The van der Waals surface area contributed by atoms with Crippen LogP contribution in [0.2, 0.25) is 0 Å². The largest absolute Gasteiger partial charge is 0.384 e. The van der Waals surface area contributed by atoms with E-state index in [1.54, 1.807) is 13.2 Å². The second kappa shape index (κ2) is 6.01. The second-order valence-electron chi connectivity index (χ2n) is 3.91. The fraction of sp³-hybridized carbons (Fsp3) is 0.545. The quantitative estimate of drug-likeness (QED) is 0.812. The Labute approximate surface area is 101 Å². The molecule has 1 heterocycles. The highest BCUT2D eigenvalue weighted by molar-refractivity contribution is 5.46. The van der Waals surface area contributed by atoms with Gasteiger partial charge in [-0.2, -0.15) is 5.26 Å². The van der Waals surface area contributed by atoms with E-state index in [1.165, 1.54) is 0 Å². The monoisotopic (exact) mass is 235 g/mol. The van der Waals surface area contributed by atoms with Crippen molar-refractivity contribution in [3.63, 3.8) is 0 Å². The molecule has 0 saturated carbocycles. The fourth-order valence-corrected chi connectivity index (χ4v) is 1.44. The molecule has 6 nitrogen and oxygen atoms in total. The van der Waals surface area contributed by atoms with Crippen molar-refractivity contribution in [3.8, 4) is 6.07 Å². The molecule has 1 aromatic heterocycles.